The van der Waals surface area contributed by atoms with Crippen LogP contribution < -0.4 is 4.72 Å². The number of carboxylic acids is 1. The molecule has 0 aliphatic carbocycles. The average Bonchev–Trinajstić information content (AvgIpc) is 2.38. The molecule has 3 N–H and O–H groups in total. The van der Waals surface area contributed by atoms with Gasteiger partial charge in [-0.15, -0.1) is 0 Å². The zero-order valence-electron chi connectivity index (χ0n) is 12.2. The lowest BCUT2D eigenvalue weighted by molar-refractivity contribution is 0.0696. The van der Waals surface area contributed by atoms with E-state index in [1.165, 1.54) is 18.2 Å². The van der Waals surface area contributed by atoms with Crippen molar-refractivity contribution in [2.75, 3.05) is 6.61 Å². The molecule has 0 aromatic heterocycles. The van der Waals surface area contributed by atoms with Gasteiger partial charge in [0.2, 0.25) is 10.0 Å². The SMILES string of the molecule is CCC(C)(CCO)NS(=O)(=O)Cc1cccc(C(=O)O)c1. The molecule has 6 nitrogen and oxygen atoms in total. The minimum absolute atomic E-state index is 0.0521. The molecular weight excluding hydrogens is 294 g/mol. The summed E-state index contributed by atoms with van der Waals surface area (Å²) in [7, 11) is -3.62. The summed E-state index contributed by atoms with van der Waals surface area (Å²) in [4.78, 5) is 10.9. The quantitative estimate of drug-likeness (QED) is 0.672. The number of hydrogen-bond acceptors (Lipinski definition) is 4. The predicted molar refractivity (Wildman–Crippen MR) is 79.6 cm³/mol. The Morgan fingerprint density at radius 2 is 2.05 bits per heavy atom. The summed E-state index contributed by atoms with van der Waals surface area (Å²) in [5.74, 6) is -1.39. The van der Waals surface area contributed by atoms with E-state index in [1.54, 1.807) is 13.0 Å². The van der Waals surface area contributed by atoms with Crippen molar-refractivity contribution in [2.24, 2.45) is 0 Å². The highest BCUT2D eigenvalue weighted by molar-refractivity contribution is 7.88. The number of carboxylic acid groups (broad SMARTS) is 1. The van der Waals surface area contributed by atoms with Gasteiger partial charge in [-0.25, -0.2) is 17.9 Å². The summed E-state index contributed by atoms with van der Waals surface area (Å²) < 4.78 is 27.0. The largest absolute Gasteiger partial charge is 0.478 e. The predicted octanol–water partition coefficient (Wildman–Crippen LogP) is 1.36. The van der Waals surface area contributed by atoms with E-state index in [9.17, 15) is 13.2 Å². The van der Waals surface area contributed by atoms with E-state index < -0.39 is 21.5 Å². The first-order valence-electron chi connectivity index (χ1n) is 6.66. The topological polar surface area (TPSA) is 104 Å². The molecule has 0 aliphatic rings. The molecule has 0 amide bonds. The second-order valence-electron chi connectivity index (χ2n) is 5.25. The highest BCUT2D eigenvalue weighted by Gasteiger charge is 2.27. The van der Waals surface area contributed by atoms with Crippen LogP contribution in [0.2, 0.25) is 0 Å². The molecule has 0 spiro atoms. The van der Waals surface area contributed by atoms with Gasteiger partial charge in [-0.05, 0) is 37.5 Å². The van der Waals surface area contributed by atoms with Crippen molar-refractivity contribution in [3.63, 3.8) is 0 Å². The summed E-state index contributed by atoms with van der Waals surface area (Å²) in [5, 5.41) is 17.9. The fraction of sp³-hybridized carbons (Fsp3) is 0.500. The summed E-state index contributed by atoms with van der Waals surface area (Å²) in [6, 6.07) is 5.84. The van der Waals surface area contributed by atoms with Crippen LogP contribution in [0.4, 0.5) is 0 Å². The number of rotatable bonds is 8. The van der Waals surface area contributed by atoms with E-state index in [4.69, 9.17) is 10.2 Å². The van der Waals surface area contributed by atoms with Crippen LogP contribution in [0, 0.1) is 0 Å². The Morgan fingerprint density at radius 1 is 1.38 bits per heavy atom. The van der Waals surface area contributed by atoms with Gasteiger partial charge in [0.05, 0.1) is 11.3 Å². The van der Waals surface area contributed by atoms with Crippen LogP contribution in [0.15, 0.2) is 24.3 Å². The van der Waals surface area contributed by atoms with Crippen molar-refractivity contribution in [3.05, 3.63) is 35.4 Å². The summed E-state index contributed by atoms with van der Waals surface area (Å²) >= 11 is 0. The van der Waals surface area contributed by atoms with Gasteiger partial charge < -0.3 is 10.2 Å². The maximum atomic E-state index is 12.2. The Bertz CT molecular complexity index is 599. The summed E-state index contributed by atoms with van der Waals surface area (Å²) in [6.07, 6.45) is 0.861. The van der Waals surface area contributed by atoms with Crippen molar-refractivity contribution < 1.29 is 23.4 Å². The second kappa shape index (κ2) is 7.02. The number of nitrogens with one attached hydrogen (secondary N) is 1. The third-order valence-corrected chi connectivity index (χ3v) is 4.89. The van der Waals surface area contributed by atoms with Gasteiger partial charge in [0.15, 0.2) is 0 Å². The van der Waals surface area contributed by atoms with Gasteiger partial charge in [0, 0.05) is 12.1 Å². The number of hydrogen-bond donors (Lipinski definition) is 3. The Labute approximate surface area is 124 Å². The Hall–Kier alpha value is -1.44. The van der Waals surface area contributed by atoms with Gasteiger partial charge in [0.25, 0.3) is 0 Å². The zero-order chi connectivity index (χ0) is 16.1. The summed E-state index contributed by atoms with van der Waals surface area (Å²) in [5.41, 5.74) is -0.251. The fourth-order valence-corrected chi connectivity index (χ4v) is 3.66. The maximum Gasteiger partial charge on any atom is 0.335 e. The van der Waals surface area contributed by atoms with Crippen molar-refractivity contribution in [1.29, 1.82) is 0 Å². The standard InChI is InChI=1S/C14H21NO5S/c1-3-14(2,7-8-16)15-21(19,20)10-11-5-4-6-12(9-11)13(17)18/h4-6,9,15-16H,3,7-8,10H2,1-2H3,(H,17,18). The maximum absolute atomic E-state index is 12.2. The van der Waals surface area contributed by atoms with Gasteiger partial charge in [0.1, 0.15) is 0 Å². The molecule has 1 unspecified atom stereocenters. The lowest BCUT2D eigenvalue weighted by Crippen LogP contribution is -2.46. The van der Waals surface area contributed by atoms with E-state index in [2.05, 4.69) is 4.72 Å². The fourth-order valence-electron chi connectivity index (χ4n) is 1.97. The molecule has 0 fully saturated rings. The first-order chi connectivity index (χ1) is 9.71. The van der Waals surface area contributed by atoms with Crippen LogP contribution in [0.5, 0.6) is 0 Å². The molecule has 7 heteroatoms. The van der Waals surface area contributed by atoms with Gasteiger partial charge >= 0.3 is 5.97 Å². The lowest BCUT2D eigenvalue weighted by Gasteiger charge is -2.28. The van der Waals surface area contributed by atoms with Crippen LogP contribution in [-0.4, -0.2) is 36.7 Å². The lowest BCUT2D eigenvalue weighted by atomic mass is 9.97. The first kappa shape index (κ1) is 17.6. The number of benzene rings is 1. The Balaban J connectivity index is 2.90. The summed E-state index contributed by atoms with van der Waals surface area (Å²) in [6.45, 7) is 3.46. The van der Waals surface area contributed by atoms with E-state index in [1.807, 2.05) is 6.92 Å². The van der Waals surface area contributed by atoms with Gasteiger partial charge in [-0.2, -0.15) is 0 Å². The smallest absolute Gasteiger partial charge is 0.335 e. The van der Waals surface area contributed by atoms with Crippen molar-refractivity contribution in [1.82, 2.24) is 4.72 Å². The molecule has 0 heterocycles. The molecule has 1 aromatic rings. The molecule has 1 rings (SSSR count). The Morgan fingerprint density at radius 3 is 2.57 bits per heavy atom. The van der Waals surface area contributed by atoms with E-state index >= 15 is 0 Å². The van der Waals surface area contributed by atoms with Crippen LogP contribution in [-0.2, 0) is 15.8 Å². The molecule has 0 saturated carbocycles. The zero-order valence-corrected chi connectivity index (χ0v) is 13.0. The van der Waals surface area contributed by atoms with Gasteiger partial charge in [-0.3, -0.25) is 0 Å². The monoisotopic (exact) mass is 315 g/mol. The highest BCUT2D eigenvalue weighted by Crippen LogP contribution is 2.17. The van der Waals surface area contributed by atoms with Crippen LogP contribution in [0.1, 0.15) is 42.6 Å². The first-order valence-corrected chi connectivity index (χ1v) is 8.31. The van der Waals surface area contributed by atoms with E-state index in [0.717, 1.165) is 0 Å². The van der Waals surface area contributed by atoms with Gasteiger partial charge in [-0.1, -0.05) is 19.1 Å². The van der Waals surface area contributed by atoms with E-state index in [-0.39, 0.29) is 17.9 Å². The second-order valence-corrected chi connectivity index (χ2v) is 6.98. The van der Waals surface area contributed by atoms with Crippen LogP contribution >= 0.6 is 0 Å². The average molecular weight is 315 g/mol. The Kier molecular flexibility index (Phi) is 5.88. The number of aliphatic hydroxyl groups excluding tert-OH is 1. The molecule has 118 valence electrons. The molecule has 0 radical (unpaired) electrons. The third-order valence-electron chi connectivity index (χ3n) is 3.38. The molecule has 0 bridgehead atoms. The number of aliphatic hydroxyl groups is 1. The van der Waals surface area contributed by atoms with Crippen LogP contribution in [0.3, 0.4) is 0 Å². The van der Waals surface area contributed by atoms with E-state index in [0.29, 0.717) is 18.4 Å². The normalized spacial score (nSPS) is 14.6. The highest BCUT2D eigenvalue weighted by atomic mass is 32.2. The molecule has 1 atom stereocenters. The number of aromatic carboxylic acids is 1. The minimum atomic E-state index is -3.62. The number of sulfonamides is 1. The van der Waals surface area contributed by atoms with Crippen molar-refractivity contribution in [2.45, 2.75) is 38.0 Å². The number of carbonyl (C=O) groups is 1. The van der Waals surface area contributed by atoms with Crippen molar-refractivity contribution >= 4 is 16.0 Å². The third kappa shape index (κ3) is 5.45. The minimum Gasteiger partial charge on any atom is -0.478 e. The van der Waals surface area contributed by atoms with Crippen molar-refractivity contribution in [3.8, 4) is 0 Å². The molecule has 0 aliphatic heterocycles. The molecule has 1 aromatic carbocycles. The molecule has 0 saturated heterocycles. The van der Waals surface area contributed by atoms with Crippen LogP contribution in [0.25, 0.3) is 0 Å². The molecule has 21 heavy (non-hydrogen) atoms. The molecular formula is C14H21NO5S.